The van der Waals surface area contributed by atoms with Crippen molar-refractivity contribution in [1.29, 1.82) is 0 Å². The van der Waals surface area contributed by atoms with Crippen molar-refractivity contribution in [1.82, 2.24) is 9.88 Å². The molecule has 1 amide bonds. The van der Waals surface area contributed by atoms with E-state index in [1.807, 2.05) is 47.4 Å². The zero-order valence-electron chi connectivity index (χ0n) is 17.4. The molecule has 0 saturated heterocycles. The second-order valence-electron chi connectivity index (χ2n) is 6.64. The molecule has 0 bridgehead atoms. The van der Waals surface area contributed by atoms with Gasteiger partial charge in [-0.25, -0.2) is 4.98 Å². The number of anilines is 1. The number of rotatable bonds is 10. The molecule has 0 aliphatic rings. The lowest BCUT2D eigenvalue weighted by atomic mass is 10.3. The summed E-state index contributed by atoms with van der Waals surface area (Å²) in [6.07, 6.45) is 0. The minimum Gasteiger partial charge on any atom is -0.497 e. The number of hydrogen-bond acceptors (Lipinski definition) is 6. The SMILES string of the molecule is CCN(CC)CCN(C(=O)CSc1ccc(Cl)cc1)c1nc2ccc(OC)cc2s1. The molecule has 30 heavy (non-hydrogen) atoms. The van der Waals surface area contributed by atoms with Gasteiger partial charge >= 0.3 is 0 Å². The lowest BCUT2D eigenvalue weighted by Gasteiger charge is -2.24. The van der Waals surface area contributed by atoms with Crippen LogP contribution in [0.15, 0.2) is 47.4 Å². The molecule has 0 N–H and O–H groups in total. The Morgan fingerprint density at radius 1 is 1.13 bits per heavy atom. The van der Waals surface area contributed by atoms with Crippen molar-refractivity contribution < 1.29 is 9.53 Å². The van der Waals surface area contributed by atoms with E-state index in [9.17, 15) is 4.79 Å². The first kappa shape index (κ1) is 22.9. The molecule has 8 heteroatoms. The lowest BCUT2D eigenvalue weighted by molar-refractivity contribution is -0.116. The van der Waals surface area contributed by atoms with Gasteiger partial charge in [-0.2, -0.15) is 0 Å². The molecule has 3 aromatic rings. The molecule has 0 aliphatic heterocycles. The van der Waals surface area contributed by atoms with Gasteiger partial charge in [0.05, 0.1) is 23.1 Å². The van der Waals surface area contributed by atoms with Gasteiger partial charge < -0.3 is 9.64 Å². The summed E-state index contributed by atoms with van der Waals surface area (Å²) >= 11 is 8.99. The Balaban J connectivity index is 1.79. The summed E-state index contributed by atoms with van der Waals surface area (Å²) in [5.41, 5.74) is 0.877. The maximum absolute atomic E-state index is 13.2. The third-order valence-corrected chi connectivity index (χ3v) is 7.12. The topological polar surface area (TPSA) is 45.7 Å². The summed E-state index contributed by atoms with van der Waals surface area (Å²) in [6, 6.07) is 13.3. The van der Waals surface area contributed by atoms with Crippen molar-refractivity contribution >= 4 is 56.0 Å². The molecule has 0 spiro atoms. The highest BCUT2D eigenvalue weighted by Crippen LogP contribution is 2.32. The predicted molar refractivity (Wildman–Crippen MR) is 128 cm³/mol. The molecular weight excluding hydrogens is 438 g/mol. The van der Waals surface area contributed by atoms with Gasteiger partial charge in [0.25, 0.3) is 0 Å². The van der Waals surface area contributed by atoms with Gasteiger partial charge in [0.1, 0.15) is 5.75 Å². The van der Waals surface area contributed by atoms with Crippen LogP contribution in [0.1, 0.15) is 13.8 Å². The first-order chi connectivity index (χ1) is 14.5. The number of thioether (sulfide) groups is 1. The molecule has 3 rings (SSSR count). The number of benzene rings is 2. The number of ether oxygens (including phenoxy) is 1. The first-order valence-corrected chi connectivity index (χ1v) is 12.1. The maximum Gasteiger partial charge on any atom is 0.239 e. The minimum absolute atomic E-state index is 0.0492. The van der Waals surface area contributed by atoms with Gasteiger partial charge in [0, 0.05) is 23.0 Å². The summed E-state index contributed by atoms with van der Waals surface area (Å²) in [5, 5.41) is 1.42. The fraction of sp³-hybridized carbons (Fsp3) is 0.364. The van der Waals surface area contributed by atoms with E-state index in [-0.39, 0.29) is 5.91 Å². The van der Waals surface area contributed by atoms with Crippen molar-refractivity contribution in [2.24, 2.45) is 0 Å². The third kappa shape index (κ3) is 5.88. The standard InChI is InChI=1S/C22H26ClN3O2S2/c1-4-25(5-2)12-13-26(21(27)15-29-18-9-6-16(23)7-10-18)22-24-19-11-8-17(28-3)14-20(19)30-22/h6-11,14H,4-5,12-13,15H2,1-3H3. The molecule has 0 fully saturated rings. The second kappa shape index (κ2) is 11.0. The molecule has 2 aromatic carbocycles. The first-order valence-electron chi connectivity index (χ1n) is 9.89. The number of likely N-dealkylation sites (N-methyl/N-ethyl adjacent to an activating group) is 1. The summed E-state index contributed by atoms with van der Waals surface area (Å²) in [4.78, 5) is 23.0. The Hall–Kier alpha value is -1.80. The number of nitrogens with zero attached hydrogens (tertiary/aromatic N) is 3. The summed E-state index contributed by atoms with van der Waals surface area (Å²) in [5.74, 6) is 1.18. The van der Waals surface area contributed by atoms with E-state index in [4.69, 9.17) is 21.3 Å². The monoisotopic (exact) mass is 463 g/mol. The van der Waals surface area contributed by atoms with Crippen molar-refractivity contribution in [3.8, 4) is 5.75 Å². The van der Waals surface area contributed by atoms with Crippen LogP contribution < -0.4 is 9.64 Å². The van der Waals surface area contributed by atoms with Crippen LogP contribution in [0.5, 0.6) is 5.75 Å². The Bertz CT molecular complexity index is 974. The number of halogens is 1. The molecule has 1 heterocycles. The van der Waals surface area contributed by atoms with Crippen LogP contribution in [0.25, 0.3) is 10.2 Å². The maximum atomic E-state index is 13.2. The molecule has 0 saturated carbocycles. The van der Waals surface area contributed by atoms with Gasteiger partial charge in [-0.15, -0.1) is 11.8 Å². The smallest absolute Gasteiger partial charge is 0.239 e. The normalized spacial score (nSPS) is 11.2. The molecule has 0 radical (unpaired) electrons. The van der Waals surface area contributed by atoms with E-state index in [0.717, 1.165) is 45.6 Å². The third-order valence-electron chi connectivity index (χ3n) is 4.83. The summed E-state index contributed by atoms with van der Waals surface area (Å²) < 4.78 is 6.33. The van der Waals surface area contributed by atoms with E-state index < -0.39 is 0 Å². The molecule has 0 aliphatic carbocycles. The van der Waals surface area contributed by atoms with Crippen molar-refractivity contribution in [3.63, 3.8) is 0 Å². The lowest BCUT2D eigenvalue weighted by Crippen LogP contribution is -2.39. The number of hydrogen-bond donors (Lipinski definition) is 0. The van der Waals surface area contributed by atoms with Crippen LogP contribution in [0.4, 0.5) is 5.13 Å². The largest absolute Gasteiger partial charge is 0.497 e. The van der Waals surface area contributed by atoms with Crippen LogP contribution in [0.2, 0.25) is 5.02 Å². The van der Waals surface area contributed by atoms with Gasteiger partial charge in [0.15, 0.2) is 5.13 Å². The number of fused-ring (bicyclic) bond motifs is 1. The molecule has 5 nitrogen and oxygen atoms in total. The highest BCUT2D eigenvalue weighted by Gasteiger charge is 2.21. The Morgan fingerprint density at radius 3 is 2.53 bits per heavy atom. The number of amides is 1. The fourth-order valence-electron chi connectivity index (χ4n) is 3.00. The van der Waals surface area contributed by atoms with Gasteiger partial charge in [-0.05, 0) is 55.6 Å². The Morgan fingerprint density at radius 2 is 1.87 bits per heavy atom. The molecule has 0 unspecified atom stereocenters. The van der Waals surface area contributed by atoms with Crippen LogP contribution in [-0.4, -0.2) is 54.8 Å². The average Bonchev–Trinajstić information content (AvgIpc) is 3.19. The minimum atomic E-state index is 0.0492. The number of carbonyl (C=O) groups excluding carboxylic acids is 1. The molecule has 1 aromatic heterocycles. The Labute approximate surface area is 191 Å². The van der Waals surface area contributed by atoms with E-state index >= 15 is 0 Å². The molecule has 0 atom stereocenters. The number of carbonyl (C=O) groups is 1. The van der Waals surface area contributed by atoms with E-state index in [0.29, 0.717) is 17.3 Å². The number of aromatic nitrogens is 1. The fourth-order valence-corrected chi connectivity index (χ4v) is 4.94. The summed E-state index contributed by atoms with van der Waals surface area (Å²) in [7, 11) is 1.65. The van der Waals surface area contributed by atoms with E-state index in [1.54, 1.807) is 7.11 Å². The van der Waals surface area contributed by atoms with Crippen LogP contribution in [0, 0.1) is 0 Å². The van der Waals surface area contributed by atoms with Crippen molar-refractivity contribution in [3.05, 3.63) is 47.5 Å². The Kier molecular flexibility index (Phi) is 8.39. The van der Waals surface area contributed by atoms with Gasteiger partial charge in [-0.3, -0.25) is 9.69 Å². The van der Waals surface area contributed by atoms with Crippen molar-refractivity contribution in [2.45, 2.75) is 18.7 Å². The second-order valence-corrected chi connectivity index (χ2v) is 9.14. The number of thiazole rings is 1. The predicted octanol–water partition coefficient (Wildman–Crippen LogP) is 5.43. The van der Waals surface area contributed by atoms with Crippen LogP contribution in [0.3, 0.4) is 0 Å². The number of methoxy groups -OCH3 is 1. The quantitative estimate of drug-likeness (QED) is 0.375. The van der Waals surface area contributed by atoms with E-state index in [2.05, 4.69) is 18.7 Å². The van der Waals surface area contributed by atoms with Gasteiger partial charge in [0.2, 0.25) is 5.91 Å². The highest BCUT2D eigenvalue weighted by molar-refractivity contribution is 8.00. The zero-order valence-corrected chi connectivity index (χ0v) is 19.8. The average molecular weight is 464 g/mol. The highest BCUT2D eigenvalue weighted by atomic mass is 35.5. The van der Waals surface area contributed by atoms with Gasteiger partial charge in [-0.1, -0.05) is 36.8 Å². The molecular formula is C22H26ClN3O2S2. The van der Waals surface area contributed by atoms with E-state index in [1.165, 1.54) is 23.1 Å². The van der Waals surface area contributed by atoms with Crippen LogP contribution in [-0.2, 0) is 4.79 Å². The zero-order chi connectivity index (χ0) is 21.5. The van der Waals surface area contributed by atoms with Crippen LogP contribution >= 0.6 is 34.7 Å². The molecule has 160 valence electrons. The van der Waals surface area contributed by atoms with Crippen molar-refractivity contribution in [2.75, 3.05) is 43.9 Å². The summed E-state index contributed by atoms with van der Waals surface area (Å²) in [6.45, 7) is 7.60.